The van der Waals surface area contributed by atoms with E-state index in [1.54, 1.807) is 0 Å². The van der Waals surface area contributed by atoms with Crippen molar-refractivity contribution in [2.24, 2.45) is 5.92 Å². The lowest BCUT2D eigenvalue weighted by atomic mass is 9.89. The molecular weight excluding hydrogens is 382 g/mol. The highest BCUT2D eigenvalue weighted by Gasteiger charge is 2.20. The molecule has 1 aliphatic carbocycles. The Bertz CT molecular complexity index is 375. The Hall–Kier alpha value is -0.110. The molecule has 0 saturated heterocycles. The summed E-state index contributed by atoms with van der Waals surface area (Å²) in [5, 5.41) is 0. The summed E-state index contributed by atoms with van der Waals surface area (Å²) in [7, 11) is 2.23. The molecule has 0 aromatic rings. The van der Waals surface area contributed by atoms with Gasteiger partial charge in [-0.25, -0.2) is 0 Å². The summed E-state index contributed by atoms with van der Waals surface area (Å²) in [6.07, 6.45) is 32.9. The van der Waals surface area contributed by atoms with Crippen LogP contribution in [0.25, 0.3) is 0 Å². The SMILES string of the molecule is CCCCCCCCCCCCCCCCCCCCN(C)C(=S)C1CCCCC1. The largest absolute Gasteiger partial charge is 0.369 e. The summed E-state index contributed by atoms with van der Waals surface area (Å²) in [6.45, 7) is 3.48. The van der Waals surface area contributed by atoms with E-state index < -0.39 is 0 Å². The molecule has 0 spiro atoms. The molecule has 0 atom stereocenters. The van der Waals surface area contributed by atoms with Gasteiger partial charge in [-0.05, 0) is 19.3 Å². The van der Waals surface area contributed by atoms with Gasteiger partial charge in [-0.1, -0.05) is 148 Å². The molecule has 1 rings (SSSR count). The highest BCUT2D eigenvalue weighted by Crippen LogP contribution is 2.26. The van der Waals surface area contributed by atoms with Crippen molar-refractivity contribution in [2.75, 3.05) is 13.6 Å². The van der Waals surface area contributed by atoms with Crippen LogP contribution in [-0.4, -0.2) is 23.5 Å². The highest BCUT2D eigenvalue weighted by atomic mass is 32.1. The van der Waals surface area contributed by atoms with Gasteiger partial charge in [0.2, 0.25) is 0 Å². The van der Waals surface area contributed by atoms with Crippen molar-refractivity contribution in [1.29, 1.82) is 0 Å². The molecule has 0 bridgehead atoms. The van der Waals surface area contributed by atoms with Crippen LogP contribution in [0, 0.1) is 5.92 Å². The van der Waals surface area contributed by atoms with E-state index in [-0.39, 0.29) is 0 Å². The molecule has 0 N–H and O–H groups in total. The van der Waals surface area contributed by atoms with E-state index in [9.17, 15) is 0 Å². The molecule has 0 radical (unpaired) electrons. The normalized spacial score (nSPS) is 14.9. The molecular formula is C28H55NS. The van der Waals surface area contributed by atoms with Crippen molar-refractivity contribution < 1.29 is 0 Å². The van der Waals surface area contributed by atoms with E-state index in [1.165, 1.54) is 159 Å². The van der Waals surface area contributed by atoms with Gasteiger partial charge in [0.15, 0.2) is 0 Å². The summed E-state index contributed by atoms with van der Waals surface area (Å²) in [4.78, 5) is 3.64. The van der Waals surface area contributed by atoms with Gasteiger partial charge in [-0.2, -0.15) is 0 Å². The Balaban J connectivity index is 1.76. The lowest BCUT2D eigenvalue weighted by Crippen LogP contribution is -2.33. The van der Waals surface area contributed by atoms with Gasteiger partial charge < -0.3 is 4.90 Å². The van der Waals surface area contributed by atoms with Gasteiger partial charge in [0.05, 0.1) is 4.99 Å². The zero-order valence-electron chi connectivity index (χ0n) is 20.9. The van der Waals surface area contributed by atoms with Gasteiger partial charge in [0.25, 0.3) is 0 Å². The van der Waals surface area contributed by atoms with Crippen LogP contribution in [0.5, 0.6) is 0 Å². The Morgan fingerprint density at radius 1 is 0.600 bits per heavy atom. The fourth-order valence-electron chi connectivity index (χ4n) is 5.02. The molecule has 30 heavy (non-hydrogen) atoms. The standard InChI is InChI=1S/C28H55NS/c1-3-4-5-6-7-8-9-10-11-12-13-14-15-16-17-18-19-23-26-29(2)28(30)27-24-21-20-22-25-27/h27H,3-26H2,1-2H3. The van der Waals surface area contributed by atoms with Crippen LogP contribution < -0.4 is 0 Å². The molecule has 0 aromatic heterocycles. The molecule has 178 valence electrons. The van der Waals surface area contributed by atoms with Gasteiger partial charge in [0, 0.05) is 19.5 Å². The van der Waals surface area contributed by atoms with E-state index in [1.807, 2.05) is 0 Å². The smallest absolute Gasteiger partial charge is 0.0808 e. The van der Waals surface area contributed by atoms with Gasteiger partial charge >= 0.3 is 0 Å². The van der Waals surface area contributed by atoms with Crippen LogP contribution in [0.3, 0.4) is 0 Å². The van der Waals surface area contributed by atoms with Crippen LogP contribution in [0.15, 0.2) is 0 Å². The van der Waals surface area contributed by atoms with E-state index in [4.69, 9.17) is 12.2 Å². The van der Waals surface area contributed by atoms with Gasteiger partial charge in [0.1, 0.15) is 0 Å². The fourth-order valence-corrected chi connectivity index (χ4v) is 5.35. The first-order valence-electron chi connectivity index (χ1n) is 14.0. The molecule has 0 heterocycles. The third kappa shape index (κ3) is 15.7. The number of unbranched alkanes of at least 4 members (excludes halogenated alkanes) is 17. The maximum atomic E-state index is 5.74. The minimum absolute atomic E-state index is 0.703. The molecule has 0 amide bonds. The minimum atomic E-state index is 0.703. The predicted molar refractivity (Wildman–Crippen MR) is 141 cm³/mol. The molecule has 1 saturated carbocycles. The van der Waals surface area contributed by atoms with Crippen molar-refractivity contribution in [3.05, 3.63) is 0 Å². The van der Waals surface area contributed by atoms with Crippen molar-refractivity contribution in [3.8, 4) is 0 Å². The zero-order chi connectivity index (χ0) is 21.7. The number of nitrogens with zero attached hydrogens (tertiary/aromatic N) is 1. The number of hydrogen-bond acceptors (Lipinski definition) is 1. The molecule has 1 aliphatic rings. The summed E-state index contributed by atoms with van der Waals surface area (Å²) in [5.41, 5.74) is 0. The summed E-state index contributed by atoms with van der Waals surface area (Å²) < 4.78 is 0. The number of rotatable bonds is 20. The van der Waals surface area contributed by atoms with Crippen LogP contribution in [0.2, 0.25) is 0 Å². The topological polar surface area (TPSA) is 3.24 Å². The average molecular weight is 438 g/mol. The third-order valence-corrected chi connectivity index (χ3v) is 7.82. The molecule has 1 nitrogen and oxygen atoms in total. The molecule has 0 unspecified atom stereocenters. The second-order valence-electron chi connectivity index (χ2n) is 10.1. The minimum Gasteiger partial charge on any atom is -0.369 e. The fraction of sp³-hybridized carbons (Fsp3) is 0.964. The Morgan fingerprint density at radius 2 is 0.967 bits per heavy atom. The number of thiocarbonyl (C=S) groups is 1. The van der Waals surface area contributed by atoms with E-state index >= 15 is 0 Å². The molecule has 2 heteroatoms. The summed E-state index contributed by atoms with van der Waals surface area (Å²) in [6, 6.07) is 0. The summed E-state index contributed by atoms with van der Waals surface area (Å²) >= 11 is 5.74. The monoisotopic (exact) mass is 437 g/mol. The van der Waals surface area contributed by atoms with E-state index in [0.717, 1.165) is 0 Å². The zero-order valence-corrected chi connectivity index (χ0v) is 21.7. The number of hydrogen-bond donors (Lipinski definition) is 0. The second kappa shape index (κ2) is 20.8. The lowest BCUT2D eigenvalue weighted by molar-refractivity contribution is 0.389. The first-order valence-corrected chi connectivity index (χ1v) is 14.4. The first kappa shape index (κ1) is 27.9. The van der Waals surface area contributed by atoms with Crippen LogP contribution in [0.1, 0.15) is 155 Å². The maximum Gasteiger partial charge on any atom is 0.0808 e. The van der Waals surface area contributed by atoms with Gasteiger partial charge in [-0.15, -0.1) is 0 Å². The lowest BCUT2D eigenvalue weighted by Gasteiger charge is -2.29. The maximum absolute atomic E-state index is 5.74. The Morgan fingerprint density at radius 3 is 1.37 bits per heavy atom. The van der Waals surface area contributed by atoms with Gasteiger partial charge in [-0.3, -0.25) is 0 Å². The van der Waals surface area contributed by atoms with Crippen LogP contribution in [-0.2, 0) is 0 Å². The first-order chi connectivity index (χ1) is 14.8. The van der Waals surface area contributed by atoms with E-state index in [2.05, 4.69) is 18.9 Å². The molecule has 0 aliphatic heterocycles. The second-order valence-corrected chi connectivity index (χ2v) is 10.5. The highest BCUT2D eigenvalue weighted by molar-refractivity contribution is 7.80. The molecule has 0 aromatic carbocycles. The Kier molecular flexibility index (Phi) is 19.3. The van der Waals surface area contributed by atoms with Crippen molar-refractivity contribution >= 4 is 17.2 Å². The van der Waals surface area contributed by atoms with E-state index in [0.29, 0.717) is 5.92 Å². The average Bonchev–Trinajstić information content (AvgIpc) is 2.78. The van der Waals surface area contributed by atoms with Crippen LogP contribution >= 0.6 is 12.2 Å². The van der Waals surface area contributed by atoms with Crippen molar-refractivity contribution in [1.82, 2.24) is 4.90 Å². The molecule has 1 fully saturated rings. The van der Waals surface area contributed by atoms with Crippen molar-refractivity contribution in [3.63, 3.8) is 0 Å². The third-order valence-electron chi connectivity index (χ3n) is 7.18. The van der Waals surface area contributed by atoms with Crippen LogP contribution in [0.4, 0.5) is 0 Å². The predicted octanol–water partition coefficient (Wildman–Crippen LogP) is 9.87. The summed E-state index contributed by atoms with van der Waals surface area (Å²) in [5.74, 6) is 0.703. The van der Waals surface area contributed by atoms with Crippen molar-refractivity contribution in [2.45, 2.75) is 155 Å². The Labute approximate surface area is 196 Å². The quantitative estimate of drug-likeness (QED) is 0.138.